The zero-order valence-corrected chi connectivity index (χ0v) is 17.5. The van der Waals surface area contributed by atoms with Crippen LogP contribution in [0.1, 0.15) is 34.6 Å². The number of aromatic nitrogens is 1. The van der Waals surface area contributed by atoms with Crippen LogP contribution in [0, 0.1) is 17.0 Å². The van der Waals surface area contributed by atoms with Gasteiger partial charge in [-0.2, -0.15) is 8.42 Å². The summed E-state index contributed by atoms with van der Waals surface area (Å²) in [5.41, 5.74) is 0.959. The number of nitrogens with zero attached hydrogens (tertiary/aromatic N) is 2. The lowest BCUT2D eigenvalue weighted by Crippen LogP contribution is -2.27. The number of hydrogen-bond acceptors (Lipinski definition) is 7. The third-order valence-electron chi connectivity index (χ3n) is 4.45. The van der Waals surface area contributed by atoms with E-state index in [-0.39, 0.29) is 28.3 Å². The van der Waals surface area contributed by atoms with Gasteiger partial charge in [0.25, 0.3) is 11.6 Å². The number of non-ortho nitro benzene ring substituents is 1. The second-order valence-corrected chi connectivity index (χ2v) is 8.23. The van der Waals surface area contributed by atoms with Gasteiger partial charge in [-0.15, -0.1) is 0 Å². The summed E-state index contributed by atoms with van der Waals surface area (Å²) >= 11 is 0. The molecule has 0 saturated heterocycles. The van der Waals surface area contributed by atoms with E-state index in [0.29, 0.717) is 16.8 Å². The molecule has 1 amide bonds. The zero-order chi connectivity index (χ0) is 22.6. The Morgan fingerprint density at radius 3 is 2.45 bits per heavy atom. The summed E-state index contributed by atoms with van der Waals surface area (Å²) in [6.07, 6.45) is 1.63. The average molecular weight is 441 g/mol. The summed E-state index contributed by atoms with van der Waals surface area (Å²) in [6.45, 7) is 3.31. The molecule has 1 heterocycles. The summed E-state index contributed by atoms with van der Waals surface area (Å²) in [6, 6.07) is 14.1. The van der Waals surface area contributed by atoms with Crippen molar-refractivity contribution in [3.63, 3.8) is 0 Å². The molecule has 0 fully saturated rings. The van der Waals surface area contributed by atoms with Crippen molar-refractivity contribution in [2.45, 2.75) is 24.8 Å². The SMILES string of the molecule is Cc1ccc([N+](=O)[O-])cc1S(=O)(=O)Oc1ccc(C(=O)N[C@H](C)c2ccccn2)cc1. The Labute approximate surface area is 179 Å². The molecule has 0 aliphatic carbocycles. The van der Waals surface area contributed by atoms with Gasteiger partial charge in [0, 0.05) is 23.9 Å². The molecular formula is C21H19N3O6S. The summed E-state index contributed by atoms with van der Waals surface area (Å²) in [5, 5.41) is 13.8. The van der Waals surface area contributed by atoms with Crippen LogP contribution < -0.4 is 9.50 Å². The van der Waals surface area contributed by atoms with Crippen LogP contribution in [0.2, 0.25) is 0 Å². The van der Waals surface area contributed by atoms with Crippen LogP contribution in [0.15, 0.2) is 71.8 Å². The quantitative estimate of drug-likeness (QED) is 0.337. The summed E-state index contributed by atoms with van der Waals surface area (Å²) < 4.78 is 30.3. The number of nitro groups is 1. The number of amides is 1. The van der Waals surface area contributed by atoms with Gasteiger partial charge >= 0.3 is 10.1 Å². The molecule has 1 aromatic heterocycles. The highest BCUT2D eigenvalue weighted by Gasteiger charge is 2.23. The molecule has 0 aliphatic rings. The van der Waals surface area contributed by atoms with Crippen molar-refractivity contribution in [2.75, 3.05) is 0 Å². The minimum atomic E-state index is -4.30. The Morgan fingerprint density at radius 1 is 1.13 bits per heavy atom. The summed E-state index contributed by atoms with van der Waals surface area (Å²) in [4.78, 5) is 26.6. The van der Waals surface area contributed by atoms with Crippen LogP contribution in [0.4, 0.5) is 5.69 Å². The number of carbonyl (C=O) groups excluding carboxylic acids is 1. The summed E-state index contributed by atoms with van der Waals surface area (Å²) in [7, 11) is -4.30. The van der Waals surface area contributed by atoms with Gasteiger partial charge < -0.3 is 9.50 Å². The van der Waals surface area contributed by atoms with Crippen molar-refractivity contribution in [2.24, 2.45) is 0 Å². The Balaban J connectivity index is 1.74. The molecule has 2 aromatic carbocycles. The van der Waals surface area contributed by atoms with E-state index < -0.39 is 15.0 Å². The molecule has 3 rings (SSSR count). The van der Waals surface area contributed by atoms with E-state index in [1.165, 1.54) is 43.3 Å². The van der Waals surface area contributed by atoms with E-state index in [4.69, 9.17) is 4.18 Å². The summed E-state index contributed by atoms with van der Waals surface area (Å²) in [5.74, 6) is -0.387. The molecule has 0 spiro atoms. The van der Waals surface area contributed by atoms with E-state index in [1.807, 2.05) is 6.07 Å². The molecule has 31 heavy (non-hydrogen) atoms. The number of pyridine rings is 1. The molecule has 3 aromatic rings. The molecule has 0 radical (unpaired) electrons. The normalized spacial score (nSPS) is 12.1. The van der Waals surface area contributed by atoms with Gasteiger partial charge in [0.2, 0.25) is 0 Å². The first kappa shape index (κ1) is 21.9. The van der Waals surface area contributed by atoms with Crippen LogP contribution in [0.3, 0.4) is 0 Å². The average Bonchev–Trinajstić information content (AvgIpc) is 2.74. The minimum absolute atomic E-state index is 0.0276. The van der Waals surface area contributed by atoms with Crippen LogP contribution in [0.5, 0.6) is 5.75 Å². The molecule has 1 N–H and O–H groups in total. The predicted octanol–water partition coefficient (Wildman–Crippen LogP) is 3.56. The topological polar surface area (TPSA) is 128 Å². The Morgan fingerprint density at radius 2 is 1.84 bits per heavy atom. The second kappa shape index (κ2) is 8.92. The number of hydrogen-bond donors (Lipinski definition) is 1. The Hall–Kier alpha value is -3.79. The smallest absolute Gasteiger partial charge is 0.339 e. The van der Waals surface area contributed by atoms with Crippen LogP contribution in [-0.4, -0.2) is 24.2 Å². The van der Waals surface area contributed by atoms with Gasteiger partial charge in [-0.3, -0.25) is 19.9 Å². The fraction of sp³-hybridized carbons (Fsp3) is 0.143. The maximum atomic E-state index is 12.6. The fourth-order valence-electron chi connectivity index (χ4n) is 2.79. The molecule has 160 valence electrons. The number of nitrogens with one attached hydrogen (secondary N) is 1. The monoisotopic (exact) mass is 441 g/mol. The first-order valence-electron chi connectivity index (χ1n) is 9.19. The lowest BCUT2D eigenvalue weighted by Gasteiger charge is -2.13. The van der Waals surface area contributed by atoms with Gasteiger partial charge in [-0.1, -0.05) is 12.1 Å². The van der Waals surface area contributed by atoms with Crippen molar-refractivity contribution in [1.82, 2.24) is 10.3 Å². The van der Waals surface area contributed by atoms with E-state index >= 15 is 0 Å². The molecular weight excluding hydrogens is 422 g/mol. The molecule has 9 nitrogen and oxygen atoms in total. The van der Waals surface area contributed by atoms with Crippen LogP contribution >= 0.6 is 0 Å². The van der Waals surface area contributed by atoms with Crippen molar-refractivity contribution < 1.29 is 22.3 Å². The third kappa shape index (κ3) is 5.23. The second-order valence-electron chi connectivity index (χ2n) is 6.72. The Kier molecular flexibility index (Phi) is 6.30. The molecule has 0 saturated carbocycles. The van der Waals surface area contributed by atoms with Gasteiger partial charge in [0.1, 0.15) is 10.6 Å². The lowest BCUT2D eigenvalue weighted by molar-refractivity contribution is -0.385. The van der Waals surface area contributed by atoms with Crippen molar-refractivity contribution in [3.8, 4) is 5.75 Å². The first-order valence-corrected chi connectivity index (χ1v) is 10.6. The van der Waals surface area contributed by atoms with E-state index in [0.717, 1.165) is 6.07 Å². The molecule has 10 heteroatoms. The number of benzene rings is 2. The standard InChI is InChI=1S/C21H19N3O6S/c1-14-6-9-17(24(26)27)13-20(14)31(28,29)30-18-10-7-16(8-11-18)21(25)23-15(2)19-5-3-4-12-22-19/h3-13,15H,1-2H3,(H,23,25)/t15-/m1/s1. The molecule has 0 bridgehead atoms. The van der Waals surface area contributed by atoms with Gasteiger partial charge in [0.05, 0.1) is 16.7 Å². The van der Waals surface area contributed by atoms with Crippen molar-refractivity contribution in [1.29, 1.82) is 0 Å². The highest BCUT2D eigenvalue weighted by Crippen LogP contribution is 2.25. The highest BCUT2D eigenvalue weighted by atomic mass is 32.2. The number of carbonyl (C=O) groups is 1. The van der Waals surface area contributed by atoms with Gasteiger partial charge in [-0.05, 0) is 55.8 Å². The number of aryl methyl sites for hydroxylation is 1. The maximum absolute atomic E-state index is 12.6. The third-order valence-corrected chi connectivity index (χ3v) is 5.84. The van der Waals surface area contributed by atoms with Crippen molar-refractivity contribution >= 4 is 21.7 Å². The van der Waals surface area contributed by atoms with Crippen LogP contribution in [0.25, 0.3) is 0 Å². The minimum Gasteiger partial charge on any atom is -0.379 e. The zero-order valence-electron chi connectivity index (χ0n) is 16.7. The fourth-order valence-corrected chi connectivity index (χ4v) is 3.97. The number of nitro benzene ring substituents is 1. The molecule has 1 atom stereocenters. The van der Waals surface area contributed by atoms with Gasteiger partial charge in [-0.25, -0.2) is 0 Å². The lowest BCUT2D eigenvalue weighted by atomic mass is 10.1. The predicted molar refractivity (Wildman–Crippen MR) is 112 cm³/mol. The van der Waals surface area contributed by atoms with Crippen molar-refractivity contribution in [3.05, 3.63) is 93.8 Å². The van der Waals surface area contributed by atoms with Gasteiger partial charge in [0.15, 0.2) is 0 Å². The number of rotatable bonds is 7. The Bertz CT molecular complexity index is 1210. The molecule has 0 unspecified atom stereocenters. The van der Waals surface area contributed by atoms with E-state index in [1.54, 1.807) is 25.3 Å². The highest BCUT2D eigenvalue weighted by molar-refractivity contribution is 7.87. The first-order chi connectivity index (χ1) is 14.7. The van der Waals surface area contributed by atoms with E-state index in [9.17, 15) is 23.3 Å². The largest absolute Gasteiger partial charge is 0.379 e. The molecule has 0 aliphatic heterocycles. The van der Waals surface area contributed by atoms with E-state index in [2.05, 4.69) is 10.3 Å². The maximum Gasteiger partial charge on any atom is 0.339 e. The van der Waals surface area contributed by atoms with Crippen LogP contribution in [-0.2, 0) is 10.1 Å².